The second-order valence-electron chi connectivity index (χ2n) is 7.35. The van der Waals surface area contributed by atoms with Crippen LogP contribution in [0.4, 0.5) is 11.5 Å². The van der Waals surface area contributed by atoms with Crippen molar-refractivity contribution in [3.63, 3.8) is 0 Å². The number of hydrogen-bond acceptors (Lipinski definition) is 4. The minimum Gasteiger partial charge on any atom is -0.480 e. The van der Waals surface area contributed by atoms with E-state index in [0.29, 0.717) is 5.82 Å². The molecule has 0 unspecified atom stereocenters. The molecule has 0 aliphatic rings. The largest absolute Gasteiger partial charge is 0.480 e. The number of hydrogen-bond donors (Lipinski definition) is 1. The van der Waals surface area contributed by atoms with Crippen molar-refractivity contribution in [1.82, 2.24) is 9.97 Å². The van der Waals surface area contributed by atoms with Gasteiger partial charge >= 0.3 is 5.97 Å². The molecule has 32 heavy (non-hydrogen) atoms. The number of benzene rings is 3. The highest BCUT2D eigenvalue weighted by molar-refractivity contribution is 5.82. The molecule has 0 amide bonds. The molecule has 5 nitrogen and oxygen atoms in total. The summed E-state index contributed by atoms with van der Waals surface area (Å²) in [6.07, 6.45) is 5.61. The molecule has 5 heteroatoms. The van der Waals surface area contributed by atoms with Crippen LogP contribution in [0.25, 0.3) is 23.4 Å². The zero-order chi connectivity index (χ0) is 22.3. The minimum absolute atomic E-state index is 0.532. The van der Waals surface area contributed by atoms with Crippen LogP contribution in [0.15, 0.2) is 97.3 Å². The van der Waals surface area contributed by atoms with Crippen LogP contribution in [0.5, 0.6) is 0 Å². The first-order chi connectivity index (χ1) is 15.6. The van der Waals surface area contributed by atoms with Gasteiger partial charge in [-0.1, -0.05) is 84.9 Å². The molecule has 0 saturated carbocycles. The molecule has 0 aliphatic carbocycles. The van der Waals surface area contributed by atoms with Crippen LogP contribution >= 0.6 is 0 Å². The Morgan fingerprint density at radius 2 is 1.44 bits per heavy atom. The van der Waals surface area contributed by atoms with E-state index < -0.39 is 12.0 Å². The molecule has 0 bridgehead atoms. The molecule has 1 aromatic heterocycles. The number of carboxylic acid groups (broad SMARTS) is 1. The maximum Gasteiger partial charge on any atom is 0.326 e. The van der Waals surface area contributed by atoms with Gasteiger partial charge in [0.1, 0.15) is 18.2 Å². The maximum absolute atomic E-state index is 11.8. The summed E-state index contributed by atoms with van der Waals surface area (Å²) in [5, 5.41) is 9.63. The van der Waals surface area contributed by atoms with E-state index in [2.05, 4.69) is 34.3 Å². The van der Waals surface area contributed by atoms with Crippen LogP contribution in [0.3, 0.4) is 0 Å². The Balaban J connectivity index is 1.62. The number of aliphatic carboxylic acids is 1. The number of anilines is 2. The van der Waals surface area contributed by atoms with Crippen molar-refractivity contribution in [3.8, 4) is 11.3 Å². The third-order valence-corrected chi connectivity index (χ3v) is 5.15. The minimum atomic E-state index is -0.927. The Labute approximate surface area is 187 Å². The summed E-state index contributed by atoms with van der Waals surface area (Å²) in [7, 11) is 0. The molecule has 1 atom stereocenters. The highest BCUT2D eigenvalue weighted by Gasteiger charge is 2.24. The molecule has 0 spiro atoms. The molecule has 1 N–H and O–H groups in total. The predicted octanol–water partition coefficient (Wildman–Crippen LogP) is 5.93. The Hall–Kier alpha value is -4.25. The Morgan fingerprint density at radius 3 is 2.06 bits per heavy atom. The summed E-state index contributed by atoms with van der Waals surface area (Å²) in [6.45, 7) is 1.64. The lowest BCUT2D eigenvalue weighted by Crippen LogP contribution is -2.36. The lowest BCUT2D eigenvalue weighted by atomic mass is 10.1. The second kappa shape index (κ2) is 9.71. The third kappa shape index (κ3) is 4.90. The van der Waals surface area contributed by atoms with Gasteiger partial charge in [0, 0.05) is 17.3 Å². The predicted molar refractivity (Wildman–Crippen MR) is 129 cm³/mol. The van der Waals surface area contributed by atoms with Gasteiger partial charge < -0.3 is 10.0 Å². The topological polar surface area (TPSA) is 66.3 Å². The summed E-state index contributed by atoms with van der Waals surface area (Å²) in [4.78, 5) is 22.2. The van der Waals surface area contributed by atoms with Crippen molar-refractivity contribution in [2.75, 3.05) is 4.90 Å². The fourth-order valence-electron chi connectivity index (χ4n) is 3.41. The van der Waals surface area contributed by atoms with Gasteiger partial charge in [0.15, 0.2) is 0 Å². The van der Waals surface area contributed by atoms with Crippen molar-refractivity contribution in [1.29, 1.82) is 0 Å². The van der Waals surface area contributed by atoms with Gasteiger partial charge in [-0.15, -0.1) is 0 Å². The van der Waals surface area contributed by atoms with Gasteiger partial charge in [0.2, 0.25) is 0 Å². The number of carboxylic acids is 1. The fourth-order valence-corrected chi connectivity index (χ4v) is 3.41. The van der Waals surface area contributed by atoms with E-state index in [1.807, 2.05) is 78.9 Å². The molecule has 0 radical (unpaired) electrons. The van der Waals surface area contributed by atoms with Crippen molar-refractivity contribution in [2.24, 2.45) is 0 Å². The van der Waals surface area contributed by atoms with Gasteiger partial charge in [0.25, 0.3) is 0 Å². The van der Waals surface area contributed by atoms with Crippen LogP contribution in [-0.4, -0.2) is 27.1 Å². The SMILES string of the molecule is C[C@@H](C(=O)O)N(c1ccccc1)c1cc(-c2ccc(/C=C/c3ccccc3)cc2)ncn1. The number of rotatable bonds is 7. The highest BCUT2D eigenvalue weighted by atomic mass is 16.4. The number of nitrogens with zero attached hydrogens (tertiary/aromatic N) is 3. The molecule has 0 saturated heterocycles. The van der Waals surface area contributed by atoms with E-state index in [9.17, 15) is 9.90 Å². The monoisotopic (exact) mass is 421 g/mol. The van der Waals surface area contributed by atoms with Gasteiger partial charge in [-0.25, -0.2) is 14.8 Å². The molecular formula is C27H23N3O2. The zero-order valence-corrected chi connectivity index (χ0v) is 17.7. The van der Waals surface area contributed by atoms with Crippen LogP contribution in [0.2, 0.25) is 0 Å². The second-order valence-corrected chi connectivity index (χ2v) is 7.35. The fraction of sp³-hybridized carbons (Fsp3) is 0.0741. The first kappa shape index (κ1) is 21.0. The van der Waals surface area contributed by atoms with Crippen molar-refractivity contribution in [2.45, 2.75) is 13.0 Å². The van der Waals surface area contributed by atoms with Crippen LogP contribution in [0.1, 0.15) is 18.1 Å². The van der Waals surface area contributed by atoms with Crippen molar-refractivity contribution >= 4 is 29.6 Å². The summed E-state index contributed by atoms with van der Waals surface area (Å²) < 4.78 is 0. The molecular weight excluding hydrogens is 398 g/mol. The lowest BCUT2D eigenvalue weighted by Gasteiger charge is -2.27. The quantitative estimate of drug-likeness (QED) is 0.375. The molecule has 3 aromatic carbocycles. The molecule has 1 heterocycles. The Bertz CT molecular complexity index is 1210. The van der Waals surface area contributed by atoms with E-state index in [-0.39, 0.29) is 0 Å². The van der Waals surface area contributed by atoms with Gasteiger partial charge in [-0.3, -0.25) is 0 Å². The summed E-state index contributed by atoms with van der Waals surface area (Å²) in [5.74, 6) is -0.396. The standard InChI is InChI=1S/C27H23N3O2/c1-20(27(31)32)30(24-10-6-3-7-11-24)26-18-25(28-19-29-26)23-16-14-22(15-17-23)13-12-21-8-4-2-5-9-21/h2-20H,1H3,(H,31,32)/b13-12+/t20-/m0/s1. The van der Waals surface area contributed by atoms with Crippen LogP contribution < -0.4 is 4.90 Å². The van der Waals surface area contributed by atoms with E-state index in [0.717, 1.165) is 28.1 Å². The van der Waals surface area contributed by atoms with E-state index in [1.165, 1.54) is 6.33 Å². The Morgan fingerprint density at radius 1 is 0.844 bits per heavy atom. The first-order valence-electron chi connectivity index (χ1n) is 10.3. The van der Waals surface area contributed by atoms with Gasteiger partial charge in [-0.2, -0.15) is 0 Å². The Kier molecular flexibility index (Phi) is 6.37. The molecule has 0 aliphatic heterocycles. The first-order valence-corrected chi connectivity index (χ1v) is 10.3. The molecule has 4 rings (SSSR count). The average Bonchev–Trinajstić information content (AvgIpc) is 2.85. The summed E-state index contributed by atoms with van der Waals surface area (Å²) in [6, 6.07) is 28.6. The van der Waals surface area contributed by atoms with Crippen molar-refractivity contribution in [3.05, 3.63) is 108 Å². The average molecular weight is 422 g/mol. The third-order valence-electron chi connectivity index (χ3n) is 5.15. The van der Waals surface area contributed by atoms with Crippen LogP contribution in [-0.2, 0) is 4.79 Å². The summed E-state index contributed by atoms with van der Waals surface area (Å²) in [5.41, 5.74) is 4.64. The van der Waals surface area contributed by atoms with Gasteiger partial charge in [0.05, 0.1) is 5.69 Å². The molecule has 158 valence electrons. The van der Waals surface area contributed by atoms with E-state index in [4.69, 9.17) is 0 Å². The zero-order valence-electron chi connectivity index (χ0n) is 17.7. The van der Waals surface area contributed by atoms with Gasteiger partial charge in [-0.05, 0) is 30.2 Å². The van der Waals surface area contributed by atoms with E-state index in [1.54, 1.807) is 11.8 Å². The molecule has 4 aromatic rings. The smallest absolute Gasteiger partial charge is 0.326 e. The number of carbonyl (C=O) groups is 1. The summed E-state index contributed by atoms with van der Waals surface area (Å²) >= 11 is 0. The number of para-hydroxylation sites is 1. The lowest BCUT2D eigenvalue weighted by molar-refractivity contribution is -0.138. The van der Waals surface area contributed by atoms with E-state index >= 15 is 0 Å². The molecule has 0 fully saturated rings. The normalized spacial score (nSPS) is 11.9. The number of aromatic nitrogens is 2. The van der Waals surface area contributed by atoms with Crippen LogP contribution in [0, 0.1) is 0 Å². The highest BCUT2D eigenvalue weighted by Crippen LogP contribution is 2.29. The van der Waals surface area contributed by atoms with Crippen molar-refractivity contribution < 1.29 is 9.90 Å². The maximum atomic E-state index is 11.8.